The highest BCUT2D eigenvalue weighted by Gasteiger charge is 2.10. The van der Waals surface area contributed by atoms with E-state index in [1.165, 1.54) is 13.3 Å². The van der Waals surface area contributed by atoms with E-state index in [1.807, 2.05) is 19.0 Å². The van der Waals surface area contributed by atoms with Crippen molar-refractivity contribution in [2.24, 2.45) is 0 Å². The highest BCUT2D eigenvalue weighted by molar-refractivity contribution is 6.33. The molecule has 1 heterocycles. The standard InChI is InChI=1S/C15H19ClN6O2/c1-22(2)7-6-17-15-20-13(9-18-21-15)19-12-8-10(14(23)24-3)4-5-11(12)16/h4-5,8-9H,6-7H2,1-3H3,(H2,17,19,20,21). The average Bonchev–Trinajstić information content (AvgIpc) is 2.56. The first-order valence-electron chi connectivity index (χ1n) is 7.23. The van der Waals surface area contributed by atoms with Crippen LogP contribution in [0.2, 0.25) is 5.02 Å². The Hall–Kier alpha value is -2.45. The lowest BCUT2D eigenvalue weighted by molar-refractivity contribution is 0.0601. The van der Waals surface area contributed by atoms with Crippen molar-refractivity contribution in [1.29, 1.82) is 0 Å². The van der Waals surface area contributed by atoms with Gasteiger partial charge in [0.05, 0.1) is 29.6 Å². The van der Waals surface area contributed by atoms with E-state index in [0.29, 0.717) is 34.6 Å². The zero-order valence-electron chi connectivity index (χ0n) is 13.7. The van der Waals surface area contributed by atoms with Gasteiger partial charge in [-0.25, -0.2) is 4.79 Å². The number of carbonyl (C=O) groups excluding carboxylic acids is 1. The minimum Gasteiger partial charge on any atom is -0.465 e. The fraction of sp³-hybridized carbons (Fsp3) is 0.333. The number of aromatic nitrogens is 3. The summed E-state index contributed by atoms with van der Waals surface area (Å²) in [6, 6.07) is 4.79. The number of likely N-dealkylation sites (N-methyl/N-ethyl adjacent to an activating group) is 1. The van der Waals surface area contributed by atoms with E-state index in [1.54, 1.807) is 18.2 Å². The Morgan fingerprint density at radius 2 is 2.17 bits per heavy atom. The third kappa shape index (κ3) is 5.04. The lowest BCUT2D eigenvalue weighted by Crippen LogP contribution is -2.21. The molecule has 0 radical (unpaired) electrons. The molecule has 0 atom stereocenters. The van der Waals surface area contributed by atoms with Gasteiger partial charge in [0.15, 0.2) is 5.82 Å². The molecule has 1 aromatic carbocycles. The number of halogens is 1. The van der Waals surface area contributed by atoms with Crippen LogP contribution in [-0.2, 0) is 4.74 Å². The fourth-order valence-corrected chi connectivity index (χ4v) is 2.00. The second kappa shape index (κ2) is 8.42. The maximum atomic E-state index is 11.6. The molecule has 0 aliphatic carbocycles. The van der Waals surface area contributed by atoms with Gasteiger partial charge in [0, 0.05) is 13.1 Å². The summed E-state index contributed by atoms with van der Waals surface area (Å²) in [5.41, 5.74) is 0.912. The topological polar surface area (TPSA) is 92.3 Å². The molecule has 2 rings (SSSR count). The number of methoxy groups -OCH3 is 1. The summed E-state index contributed by atoms with van der Waals surface area (Å²) in [6.07, 6.45) is 1.47. The first kappa shape index (κ1) is 17.9. The summed E-state index contributed by atoms with van der Waals surface area (Å²) < 4.78 is 4.70. The van der Waals surface area contributed by atoms with E-state index in [9.17, 15) is 4.79 Å². The van der Waals surface area contributed by atoms with Gasteiger partial charge < -0.3 is 20.3 Å². The molecule has 0 unspecified atom stereocenters. The number of nitrogens with one attached hydrogen (secondary N) is 2. The van der Waals surface area contributed by atoms with Crippen LogP contribution < -0.4 is 10.6 Å². The van der Waals surface area contributed by atoms with Gasteiger partial charge in [-0.2, -0.15) is 10.1 Å². The molecule has 0 aliphatic rings. The largest absolute Gasteiger partial charge is 0.465 e. The summed E-state index contributed by atoms with van der Waals surface area (Å²) in [7, 11) is 5.29. The number of rotatable bonds is 7. The van der Waals surface area contributed by atoms with E-state index in [-0.39, 0.29) is 0 Å². The molecule has 2 N–H and O–H groups in total. The summed E-state index contributed by atoms with van der Waals surface area (Å²) >= 11 is 6.15. The molecule has 9 heteroatoms. The molecule has 0 fully saturated rings. The van der Waals surface area contributed by atoms with Crippen molar-refractivity contribution in [2.75, 3.05) is 44.9 Å². The number of hydrogen-bond acceptors (Lipinski definition) is 8. The lowest BCUT2D eigenvalue weighted by atomic mass is 10.2. The summed E-state index contributed by atoms with van der Waals surface area (Å²) in [5.74, 6) is 0.421. The molecular weight excluding hydrogens is 332 g/mol. The summed E-state index contributed by atoms with van der Waals surface area (Å²) in [5, 5.41) is 14.4. The van der Waals surface area contributed by atoms with Crippen LogP contribution in [0.5, 0.6) is 0 Å². The molecule has 0 bridgehead atoms. The van der Waals surface area contributed by atoms with Gasteiger partial charge in [-0.1, -0.05) is 11.6 Å². The third-order valence-electron chi connectivity index (χ3n) is 3.05. The maximum absolute atomic E-state index is 11.6. The van der Waals surface area contributed by atoms with Crippen molar-refractivity contribution in [2.45, 2.75) is 0 Å². The number of hydrogen-bond donors (Lipinski definition) is 2. The maximum Gasteiger partial charge on any atom is 0.337 e. The van der Waals surface area contributed by atoms with E-state index in [2.05, 4.69) is 25.8 Å². The zero-order valence-corrected chi connectivity index (χ0v) is 14.5. The Morgan fingerprint density at radius 1 is 1.38 bits per heavy atom. The Kier molecular flexibility index (Phi) is 6.28. The van der Waals surface area contributed by atoms with Gasteiger partial charge in [0.25, 0.3) is 0 Å². The fourth-order valence-electron chi connectivity index (χ4n) is 1.83. The number of carbonyl (C=O) groups is 1. The Labute approximate surface area is 145 Å². The molecule has 0 aliphatic heterocycles. The molecule has 0 saturated carbocycles. The lowest BCUT2D eigenvalue weighted by Gasteiger charge is -2.11. The predicted octanol–water partition coefficient (Wildman–Crippen LogP) is 2.03. The van der Waals surface area contributed by atoms with Crippen LogP contribution in [0.25, 0.3) is 0 Å². The van der Waals surface area contributed by atoms with Crippen LogP contribution in [0.3, 0.4) is 0 Å². The third-order valence-corrected chi connectivity index (χ3v) is 3.38. The number of nitrogens with zero attached hydrogens (tertiary/aromatic N) is 4. The van der Waals surface area contributed by atoms with Gasteiger partial charge in [0.1, 0.15) is 0 Å². The van der Waals surface area contributed by atoms with Crippen molar-refractivity contribution in [3.8, 4) is 0 Å². The minimum atomic E-state index is -0.443. The van der Waals surface area contributed by atoms with Crippen LogP contribution in [0.15, 0.2) is 24.4 Å². The van der Waals surface area contributed by atoms with Crippen LogP contribution in [-0.4, -0.2) is 60.3 Å². The molecule has 8 nitrogen and oxygen atoms in total. The number of esters is 1. The van der Waals surface area contributed by atoms with Gasteiger partial charge in [-0.05, 0) is 32.3 Å². The second-order valence-electron chi connectivity index (χ2n) is 5.21. The first-order valence-corrected chi connectivity index (χ1v) is 7.60. The molecule has 128 valence electrons. The molecule has 0 saturated heterocycles. The van der Waals surface area contributed by atoms with Gasteiger partial charge in [0.2, 0.25) is 5.95 Å². The van der Waals surface area contributed by atoms with Crippen LogP contribution in [0.4, 0.5) is 17.5 Å². The van der Waals surface area contributed by atoms with E-state index in [0.717, 1.165) is 6.54 Å². The number of benzene rings is 1. The normalized spacial score (nSPS) is 10.5. The molecule has 0 spiro atoms. The Morgan fingerprint density at radius 3 is 2.88 bits per heavy atom. The van der Waals surface area contributed by atoms with Crippen molar-refractivity contribution < 1.29 is 9.53 Å². The quantitative estimate of drug-likeness (QED) is 0.733. The molecular formula is C15H19ClN6O2. The highest BCUT2D eigenvalue weighted by atomic mass is 35.5. The first-order chi connectivity index (χ1) is 11.5. The SMILES string of the molecule is COC(=O)c1ccc(Cl)c(Nc2cnnc(NCCN(C)C)n2)c1. The van der Waals surface area contributed by atoms with Crippen molar-refractivity contribution in [3.63, 3.8) is 0 Å². The van der Waals surface area contributed by atoms with Crippen molar-refractivity contribution in [1.82, 2.24) is 20.1 Å². The van der Waals surface area contributed by atoms with Crippen LogP contribution >= 0.6 is 11.6 Å². The highest BCUT2D eigenvalue weighted by Crippen LogP contribution is 2.26. The number of ether oxygens (including phenoxy) is 1. The Balaban J connectivity index is 2.12. The zero-order chi connectivity index (χ0) is 17.5. The van der Waals surface area contributed by atoms with Crippen molar-refractivity contribution >= 4 is 35.0 Å². The second-order valence-corrected chi connectivity index (χ2v) is 5.61. The van der Waals surface area contributed by atoms with Gasteiger partial charge in [-0.15, -0.1) is 5.10 Å². The van der Waals surface area contributed by atoms with E-state index in [4.69, 9.17) is 16.3 Å². The molecule has 24 heavy (non-hydrogen) atoms. The molecule has 0 amide bonds. The summed E-state index contributed by atoms with van der Waals surface area (Å²) in [4.78, 5) is 18.0. The smallest absolute Gasteiger partial charge is 0.337 e. The van der Waals surface area contributed by atoms with Crippen molar-refractivity contribution in [3.05, 3.63) is 35.0 Å². The minimum absolute atomic E-state index is 0.385. The van der Waals surface area contributed by atoms with Gasteiger partial charge in [-0.3, -0.25) is 0 Å². The van der Waals surface area contributed by atoms with Crippen LogP contribution in [0, 0.1) is 0 Å². The summed E-state index contributed by atoms with van der Waals surface area (Å²) in [6.45, 7) is 1.53. The predicted molar refractivity (Wildman–Crippen MR) is 92.9 cm³/mol. The van der Waals surface area contributed by atoms with E-state index < -0.39 is 5.97 Å². The Bertz CT molecular complexity index is 710. The monoisotopic (exact) mass is 350 g/mol. The molecule has 1 aromatic heterocycles. The number of anilines is 3. The van der Waals surface area contributed by atoms with E-state index >= 15 is 0 Å². The average molecular weight is 351 g/mol. The van der Waals surface area contributed by atoms with Gasteiger partial charge >= 0.3 is 5.97 Å². The molecule has 2 aromatic rings. The van der Waals surface area contributed by atoms with Crippen LogP contribution in [0.1, 0.15) is 10.4 Å².